The maximum atomic E-state index is 3.59. The lowest BCUT2D eigenvalue weighted by molar-refractivity contribution is 0.578. The van der Waals surface area contributed by atoms with Gasteiger partial charge in [-0.2, -0.15) is 0 Å². The molecule has 0 aliphatic rings. The van der Waals surface area contributed by atoms with Gasteiger partial charge in [-0.25, -0.2) is 0 Å². The minimum absolute atomic E-state index is 0.400. The summed E-state index contributed by atoms with van der Waals surface area (Å²) >= 11 is 1.91. The second-order valence-electron chi connectivity index (χ2n) is 4.74. The van der Waals surface area contributed by atoms with Gasteiger partial charge in [0.15, 0.2) is 0 Å². The van der Waals surface area contributed by atoms with Crippen LogP contribution in [0.2, 0.25) is 0 Å². The number of benzene rings is 1. The summed E-state index contributed by atoms with van der Waals surface area (Å²) in [6.07, 6.45) is 1.14. The second-order valence-corrected chi connectivity index (χ2v) is 5.99. The molecule has 1 aromatic heterocycles. The van der Waals surface area contributed by atoms with E-state index in [1.807, 2.05) is 11.3 Å². The van der Waals surface area contributed by atoms with Gasteiger partial charge in [-0.15, -0.1) is 11.3 Å². The average Bonchev–Trinajstić information content (AvgIpc) is 2.84. The summed E-state index contributed by atoms with van der Waals surface area (Å²) < 4.78 is 0. The van der Waals surface area contributed by atoms with Crippen LogP contribution in [0.3, 0.4) is 0 Å². The van der Waals surface area contributed by atoms with Crippen molar-refractivity contribution in [3.05, 3.63) is 57.3 Å². The van der Waals surface area contributed by atoms with Crippen LogP contribution in [0.5, 0.6) is 0 Å². The Bertz CT molecular complexity index is 501. The molecule has 1 atom stereocenters. The molecule has 1 heterocycles. The van der Waals surface area contributed by atoms with Crippen LogP contribution in [0.4, 0.5) is 0 Å². The molecule has 0 saturated carbocycles. The van der Waals surface area contributed by atoms with Crippen LogP contribution in [0.1, 0.15) is 40.8 Å². The Hall–Kier alpha value is -1.12. The molecule has 1 aromatic carbocycles. The first-order valence-electron chi connectivity index (χ1n) is 6.56. The van der Waals surface area contributed by atoms with Gasteiger partial charge in [0.05, 0.1) is 0 Å². The van der Waals surface area contributed by atoms with Crippen LogP contribution in [0.15, 0.2) is 36.4 Å². The molecule has 2 heteroatoms. The molecule has 1 N–H and O–H groups in total. The van der Waals surface area contributed by atoms with Gasteiger partial charge in [0.25, 0.3) is 0 Å². The molecule has 1 nitrogen and oxygen atoms in total. The van der Waals surface area contributed by atoms with Crippen molar-refractivity contribution in [2.75, 3.05) is 0 Å². The number of nitrogens with one attached hydrogen (secondary N) is 1. The largest absolute Gasteiger partial charge is 0.305 e. The molecule has 0 amide bonds. The summed E-state index contributed by atoms with van der Waals surface area (Å²) in [6.45, 7) is 7.53. The Balaban J connectivity index is 1.93. The van der Waals surface area contributed by atoms with E-state index >= 15 is 0 Å². The molecule has 0 bridgehead atoms. The molecule has 96 valence electrons. The zero-order chi connectivity index (χ0) is 13.0. The normalized spacial score (nSPS) is 12.6. The molecule has 0 fully saturated rings. The third kappa shape index (κ3) is 3.44. The maximum Gasteiger partial charge on any atom is 0.0305 e. The molecule has 2 aromatic rings. The topological polar surface area (TPSA) is 12.0 Å². The van der Waals surface area contributed by atoms with Crippen LogP contribution in [-0.4, -0.2) is 0 Å². The van der Waals surface area contributed by atoms with Gasteiger partial charge < -0.3 is 5.32 Å². The minimum atomic E-state index is 0.400. The van der Waals surface area contributed by atoms with Crippen molar-refractivity contribution >= 4 is 11.3 Å². The lowest BCUT2D eigenvalue weighted by atomic mass is 10.1. The first-order chi connectivity index (χ1) is 8.69. The summed E-state index contributed by atoms with van der Waals surface area (Å²) in [5.74, 6) is 0. The third-order valence-corrected chi connectivity index (χ3v) is 4.42. The molecular formula is C16H21NS. The molecule has 0 radical (unpaired) electrons. The highest BCUT2D eigenvalue weighted by Crippen LogP contribution is 2.19. The van der Waals surface area contributed by atoms with E-state index in [0.717, 1.165) is 13.0 Å². The molecule has 0 saturated heterocycles. The van der Waals surface area contributed by atoms with Gasteiger partial charge in [-0.3, -0.25) is 0 Å². The zero-order valence-corrected chi connectivity index (χ0v) is 12.2. The standard InChI is InChI=1S/C16H21NS/c1-4-15-8-9-16(18-15)11-17-13(3)14-7-5-6-12(2)10-14/h5-10,13,17H,4,11H2,1-3H3/t13-/m0/s1. The Morgan fingerprint density at radius 3 is 2.61 bits per heavy atom. The molecule has 0 aliphatic heterocycles. The summed E-state index contributed by atoms with van der Waals surface area (Å²) in [6, 6.07) is 13.6. The van der Waals surface area contributed by atoms with E-state index in [-0.39, 0.29) is 0 Å². The SMILES string of the molecule is CCc1ccc(CN[C@@H](C)c2cccc(C)c2)s1. The quantitative estimate of drug-likeness (QED) is 0.835. The second kappa shape index (κ2) is 6.17. The Kier molecular flexibility index (Phi) is 4.56. The van der Waals surface area contributed by atoms with E-state index in [4.69, 9.17) is 0 Å². The van der Waals surface area contributed by atoms with Crippen LogP contribution in [0, 0.1) is 6.92 Å². The van der Waals surface area contributed by atoms with Crippen molar-refractivity contribution < 1.29 is 0 Å². The minimum Gasteiger partial charge on any atom is -0.305 e. The van der Waals surface area contributed by atoms with E-state index in [2.05, 4.69) is 62.5 Å². The Morgan fingerprint density at radius 1 is 1.17 bits per heavy atom. The average molecular weight is 259 g/mol. The molecule has 0 spiro atoms. The van der Waals surface area contributed by atoms with E-state index in [1.165, 1.54) is 20.9 Å². The van der Waals surface area contributed by atoms with Crippen LogP contribution in [0.25, 0.3) is 0 Å². The van der Waals surface area contributed by atoms with Crippen LogP contribution < -0.4 is 5.32 Å². The Morgan fingerprint density at radius 2 is 1.94 bits per heavy atom. The van der Waals surface area contributed by atoms with Crippen molar-refractivity contribution in [3.63, 3.8) is 0 Å². The lowest BCUT2D eigenvalue weighted by Gasteiger charge is -2.14. The Labute approximate surface area is 114 Å². The monoisotopic (exact) mass is 259 g/mol. The predicted octanol–water partition coefficient (Wildman–Crippen LogP) is 4.47. The maximum absolute atomic E-state index is 3.59. The highest BCUT2D eigenvalue weighted by Gasteiger charge is 2.05. The highest BCUT2D eigenvalue weighted by molar-refractivity contribution is 7.11. The van der Waals surface area contributed by atoms with E-state index in [0.29, 0.717) is 6.04 Å². The van der Waals surface area contributed by atoms with Gasteiger partial charge >= 0.3 is 0 Å². The van der Waals surface area contributed by atoms with Crippen molar-refractivity contribution in [2.24, 2.45) is 0 Å². The molecule has 18 heavy (non-hydrogen) atoms. The van der Waals surface area contributed by atoms with Crippen molar-refractivity contribution in [1.82, 2.24) is 5.32 Å². The van der Waals surface area contributed by atoms with Crippen molar-refractivity contribution in [1.29, 1.82) is 0 Å². The molecular weight excluding hydrogens is 238 g/mol. The first-order valence-corrected chi connectivity index (χ1v) is 7.38. The molecule has 0 unspecified atom stereocenters. The number of hydrogen-bond acceptors (Lipinski definition) is 2. The number of aryl methyl sites for hydroxylation is 2. The van der Waals surface area contributed by atoms with Gasteiger partial charge in [-0.05, 0) is 38.0 Å². The molecule has 0 aliphatic carbocycles. The summed E-state index contributed by atoms with van der Waals surface area (Å²) in [4.78, 5) is 2.89. The van der Waals surface area contributed by atoms with E-state index in [9.17, 15) is 0 Å². The number of hydrogen-bond donors (Lipinski definition) is 1. The fourth-order valence-electron chi connectivity index (χ4n) is 2.02. The van der Waals surface area contributed by atoms with Crippen LogP contribution in [-0.2, 0) is 13.0 Å². The highest BCUT2D eigenvalue weighted by atomic mass is 32.1. The van der Waals surface area contributed by atoms with Gasteiger partial charge in [0, 0.05) is 22.3 Å². The van der Waals surface area contributed by atoms with Crippen molar-refractivity contribution in [2.45, 2.75) is 39.8 Å². The summed E-state index contributed by atoms with van der Waals surface area (Å²) in [5, 5.41) is 3.59. The zero-order valence-electron chi connectivity index (χ0n) is 11.4. The van der Waals surface area contributed by atoms with Crippen molar-refractivity contribution in [3.8, 4) is 0 Å². The van der Waals surface area contributed by atoms with E-state index < -0.39 is 0 Å². The third-order valence-electron chi connectivity index (χ3n) is 3.19. The van der Waals surface area contributed by atoms with E-state index in [1.54, 1.807) is 0 Å². The van der Waals surface area contributed by atoms with Gasteiger partial charge in [0.1, 0.15) is 0 Å². The fourth-order valence-corrected chi connectivity index (χ4v) is 2.93. The predicted molar refractivity (Wildman–Crippen MR) is 80.1 cm³/mol. The van der Waals surface area contributed by atoms with Gasteiger partial charge in [-0.1, -0.05) is 36.8 Å². The smallest absolute Gasteiger partial charge is 0.0305 e. The summed E-state index contributed by atoms with van der Waals surface area (Å²) in [7, 11) is 0. The fraction of sp³-hybridized carbons (Fsp3) is 0.375. The summed E-state index contributed by atoms with van der Waals surface area (Å²) in [5.41, 5.74) is 2.69. The first kappa shape index (κ1) is 13.3. The number of rotatable bonds is 5. The number of thiophene rings is 1. The molecule has 2 rings (SSSR count). The van der Waals surface area contributed by atoms with Crippen LogP contribution >= 0.6 is 11.3 Å². The lowest BCUT2D eigenvalue weighted by Crippen LogP contribution is -2.17. The van der Waals surface area contributed by atoms with Gasteiger partial charge in [0.2, 0.25) is 0 Å².